The van der Waals surface area contributed by atoms with E-state index >= 15 is 0 Å². The molecule has 0 bridgehead atoms. The summed E-state index contributed by atoms with van der Waals surface area (Å²) in [6, 6.07) is 0.993. The number of anilines is 2. The molecule has 1 aromatic heterocycles. The molecule has 1 aliphatic heterocycles. The maximum absolute atomic E-state index is 12.5. The second-order valence-electron chi connectivity index (χ2n) is 6.08. The number of amides is 1. The van der Waals surface area contributed by atoms with E-state index in [1.807, 2.05) is 21.0 Å². The van der Waals surface area contributed by atoms with Gasteiger partial charge >= 0.3 is 0 Å². The summed E-state index contributed by atoms with van der Waals surface area (Å²) in [7, 11) is 0.282. The standard InChI is InChI=1S/C15H25N5O3S/c1-4-5-9-24(22,23)20-8-6-7-12(20)15(21)18-13-10-14(19(2)3)17-11-16-13/h10-12H,4-9H2,1-3H3,(H,16,17,18,21). The second kappa shape index (κ2) is 7.89. The molecule has 0 aliphatic carbocycles. The summed E-state index contributed by atoms with van der Waals surface area (Å²) in [5, 5.41) is 2.71. The van der Waals surface area contributed by atoms with Gasteiger partial charge in [-0.2, -0.15) is 4.31 Å². The molecule has 1 unspecified atom stereocenters. The molecule has 1 N–H and O–H groups in total. The van der Waals surface area contributed by atoms with Crippen LogP contribution in [0.1, 0.15) is 32.6 Å². The number of carbonyl (C=O) groups is 1. The summed E-state index contributed by atoms with van der Waals surface area (Å²) < 4.78 is 26.2. The fraction of sp³-hybridized carbons (Fsp3) is 0.667. The predicted molar refractivity (Wildman–Crippen MR) is 93.4 cm³/mol. The molecule has 0 saturated carbocycles. The lowest BCUT2D eigenvalue weighted by Gasteiger charge is -2.23. The minimum absolute atomic E-state index is 0.0889. The molecular weight excluding hydrogens is 330 g/mol. The van der Waals surface area contributed by atoms with Gasteiger partial charge in [-0.3, -0.25) is 4.79 Å². The third-order valence-corrected chi connectivity index (χ3v) is 5.94. The number of unbranched alkanes of at least 4 members (excludes halogenated alkanes) is 1. The average molecular weight is 355 g/mol. The van der Waals surface area contributed by atoms with Gasteiger partial charge in [0.15, 0.2) is 0 Å². The Kier molecular flexibility index (Phi) is 6.11. The maximum Gasteiger partial charge on any atom is 0.243 e. The maximum atomic E-state index is 12.5. The lowest BCUT2D eigenvalue weighted by atomic mass is 10.2. The largest absolute Gasteiger partial charge is 0.363 e. The van der Waals surface area contributed by atoms with E-state index in [4.69, 9.17) is 0 Å². The van der Waals surface area contributed by atoms with Gasteiger partial charge in [0.05, 0.1) is 5.75 Å². The quantitative estimate of drug-likeness (QED) is 0.786. The van der Waals surface area contributed by atoms with E-state index in [1.165, 1.54) is 10.6 Å². The minimum atomic E-state index is -3.40. The van der Waals surface area contributed by atoms with Gasteiger partial charge < -0.3 is 10.2 Å². The molecule has 2 heterocycles. The van der Waals surface area contributed by atoms with Gasteiger partial charge in [-0.05, 0) is 19.3 Å². The van der Waals surface area contributed by atoms with Crippen molar-refractivity contribution in [2.24, 2.45) is 0 Å². The first kappa shape index (κ1) is 18.6. The Morgan fingerprint density at radius 3 is 2.83 bits per heavy atom. The Labute approximate surface area is 143 Å². The van der Waals surface area contributed by atoms with Crippen LogP contribution in [-0.2, 0) is 14.8 Å². The third kappa shape index (κ3) is 4.41. The molecule has 1 atom stereocenters. The molecule has 1 fully saturated rings. The highest BCUT2D eigenvalue weighted by Gasteiger charge is 2.38. The number of sulfonamides is 1. The van der Waals surface area contributed by atoms with Crippen molar-refractivity contribution in [3.63, 3.8) is 0 Å². The summed E-state index contributed by atoms with van der Waals surface area (Å²) in [5.41, 5.74) is 0. The van der Waals surface area contributed by atoms with Crippen molar-refractivity contribution >= 4 is 27.6 Å². The van der Waals surface area contributed by atoms with Crippen LogP contribution in [0.2, 0.25) is 0 Å². The van der Waals surface area contributed by atoms with Gasteiger partial charge in [0, 0.05) is 26.7 Å². The van der Waals surface area contributed by atoms with E-state index in [0.29, 0.717) is 37.4 Å². The van der Waals surface area contributed by atoms with Crippen LogP contribution in [0, 0.1) is 0 Å². The zero-order valence-corrected chi connectivity index (χ0v) is 15.2. The third-order valence-electron chi connectivity index (χ3n) is 3.98. The molecule has 1 aliphatic rings. The van der Waals surface area contributed by atoms with Crippen LogP contribution in [0.15, 0.2) is 12.4 Å². The van der Waals surface area contributed by atoms with Gasteiger partial charge in [-0.25, -0.2) is 18.4 Å². The first-order valence-electron chi connectivity index (χ1n) is 8.15. The van der Waals surface area contributed by atoms with Crippen molar-refractivity contribution in [1.29, 1.82) is 0 Å². The molecule has 1 saturated heterocycles. The van der Waals surface area contributed by atoms with Crippen molar-refractivity contribution in [3.05, 3.63) is 12.4 Å². The van der Waals surface area contributed by atoms with Crippen molar-refractivity contribution in [3.8, 4) is 0 Å². The molecule has 8 nitrogen and oxygen atoms in total. The van der Waals surface area contributed by atoms with E-state index in [1.54, 1.807) is 11.0 Å². The van der Waals surface area contributed by atoms with Crippen molar-refractivity contribution in [2.75, 3.05) is 36.6 Å². The summed E-state index contributed by atoms with van der Waals surface area (Å²) in [6.45, 7) is 2.35. The number of nitrogens with zero attached hydrogens (tertiary/aromatic N) is 4. The zero-order chi connectivity index (χ0) is 17.7. The molecule has 1 aromatic rings. The lowest BCUT2D eigenvalue weighted by molar-refractivity contribution is -0.119. The molecule has 9 heteroatoms. The summed E-state index contributed by atoms with van der Waals surface area (Å²) in [4.78, 5) is 22.5. The molecule has 24 heavy (non-hydrogen) atoms. The number of aromatic nitrogens is 2. The van der Waals surface area contributed by atoms with E-state index in [-0.39, 0.29) is 11.7 Å². The van der Waals surface area contributed by atoms with Gasteiger partial charge in [0.2, 0.25) is 15.9 Å². The van der Waals surface area contributed by atoms with E-state index in [9.17, 15) is 13.2 Å². The van der Waals surface area contributed by atoms with E-state index in [0.717, 1.165) is 6.42 Å². The number of hydrogen-bond acceptors (Lipinski definition) is 6. The Morgan fingerprint density at radius 2 is 2.17 bits per heavy atom. The molecule has 134 valence electrons. The highest BCUT2D eigenvalue weighted by atomic mass is 32.2. The molecule has 2 rings (SSSR count). The Bertz CT molecular complexity index is 677. The Hall–Kier alpha value is -1.74. The van der Waals surface area contributed by atoms with Gasteiger partial charge in [0.1, 0.15) is 24.0 Å². The molecule has 0 spiro atoms. The predicted octanol–water partition coefficient (Wildman–Crippen LogP) is 1.08. The highest BCUT2D eigenvalue weighted by molar-refractivity contribution is 7.89. The number of hydrogen-bond donors (Lipinski definition) is 1. The normalized spacial score (nSPS) is 18.5. The highest BCUT2D eigenvalue weighted by Crippen LogP contribution is 2.23. The van der Waals surface area contributed by atoms with Crippen LogP contribution in [0.5, 0.6) is 0 Å². The fourth-order valence-electron chi connectivity index (χ4n) is 2.65. The summed E-state index contributed by atoms with van der Waals surface area (Å²) in [6.07, 6.45) is 4.00. The van der Waals surface area contributed by atoms with Crippen molar-refractivity contribution in [1.82, 2.24) is 14.3 Å². The van der Waals surface area contributed by atoms with Crippen LogP contribution in [0.25, 0.3) is 0 Å². The van der Waals surface area contributed by atoms with Crippen molar-refractivity contribution < 1.29 is 13.2 Å². The number of carbonyl (C=O) groups excluding carboxylic acids is 1. The molecule has 0 aromatic carbocycles. The molecule has 0 radical (unpaired) electrons. The monoisotopic (exact) mass is 355 g/mol. The summed E-state index contributed by atoms with van der Waals surface area (Å²) in [5.74, 6) is 0.789. The van der Waals surface area contributed by atoms with Gasteiger partial charge in [-0.15, -0.1) is 0 Å². The SMILES string of the molecule is CCCCS(=O)(=O)N1CCCC1C(=O)Nc1cc(N(C)C)ncn1. The Balaban J connectivity index is 2.09. The number of nitrogens with one attached hydrogen (secondary N) is 1. The van der Waals surface area contributed by atoms with Crippen LogP contribution >= 0.6 is 0 Å². The lowest BCUT2D eigenvalue weighted by Crippen LogP contribution is -2.44. The van der Waals surface area contributed by atoms with Crippen molar-refractivity contribution in [2.45, 2.75) is 38.6 Å². The van der Waals surface area contributed by atoms with Crippen LogP contribution in [0.4, 0.5) is 11.6 Å². The minimum Gasteiger partial charge on any atom is -0.363 e. The van der Waals surface area contributed by atoms with Crippen LogP contribution < -0.4 is 10.2 Å². The average Bonchev–Trinajstić information content (AvgIpc) is 3.04. The molecule has 1 amide bonds. The number of rotatable bonds is 7. The Morgan fingerprint density at radius 1 is 1.42 bits per heavy atom. The molecular formula is C15H25N5O3S. The van der Waals surface area contributed by atoms with Gasteiger partial charge in [-0.1, -0.05) is 13.3 Å². The van der Waals surface area contributed by atoms with E-state index in [2.05, 4.69) is 15.3 Å². The zero-order valence-electron chi connectivity index (χ0n) is 14.4. The van der Waals surface area contributed by atoms with Crippen LogP contribution in [-0.4, -0.2) is 61.0 Å². The first-order valence-corrected chi connectivity index (χ1v) is 9.76. The fourth-order valence-corrected chi connectivity index (χ4v) is 4.53. The second-order valence-corrected chi connectivity index (χ2v) is 8.12. The summed E-state index contributed by atoms with van der Waals surface area (Å²) >= 11 is 0. The topological polar surface area (TPSA) is 95.5 Å². The van der Waals surface area contributed by atoms with Gasteiger partial charge in [0.25, 0.3) is 0 Å². The first-order chi connectivity index (χ1) is 11.3. The van der Waals surface area contributed by atoms with Crippen LogP contribution in [0.3, 0.4) is 0 Å². The van der Waals surface area contributed by atoms with E-state index < -0.39 is 16.1 Å². The smallest absolute Gasteiger partial charge is 0.243 e.